The second kappa shape index (κ2) is 8.73. The molecule has 0 saturated carbocycles. The van der Waals surface area contributed by atoms with E-state index in [9.17, 15) is 4.79 Å². The van der Waals surface area contributed by atoms with Crippen LogP contribution in [0.1, 0.15) is 16.8 Å². The highest BCUT2D eigenvalue weighted by Crippen LogP contribution is 2.27. The number of carbonyl (C=O) groups is 1. The molecule has 0 bridgehead atoms. The summed E-state index contributed by atoms with van der Waals surface area (Å²) in [6.45, 7) is 2.35. The van der Waals surface area contributed by atoms with E-state index in [0.717, 1.165) is 6.42 Å². The molecule has 1 aromatic heterocycles. The Bertz CT molecular complexity index is 442. The van der Waals surface area contributed by atoms with Gasteiger partial charge in [0.25, 0.3) is 0 Å². The molecule has 0 aliphatic heterocycles. The number of carboxylic acids is 1. The lowest BCUT2D eigenvalue weighted by Gasteiger charge is -2.24. The lowest BCUT2D eigenvalue weighted by atomic mass is 10.2. The molecule has 7 heteroatoms. The number of rotatable bonds is 9. The lowest BCUT2D eigenvalue weighted by Crippen LogP contribution is -2.30. The van der Waals surface area contributed by atoms with E-state index in [0.29, 0.717) is 32.1 Å². The van der Waals surface area contributed by atoms with Gasteiger partial charge in [-0.05, 0) is 12.5 Å². The minimum Gasteiger partial charge on any atom is -0.478 e. The summed E-state index contributed by atoms with van der Waals surface area (Å²) in [5, 5.41) is 9.23. The monoisotopic (exact) mass is 302 g/mol. The number of nitrogens with zero attached hydrogens (tertiary/aromatic N) is 2. The molecular formula is C13H19ClN2O4. The van der Waals surface area contributed by atoms with Gasteiger partial charge in [0, 0.05) is 40.1 Å². The number of halogens is 1. The Morgan fingerprint density at radius 3 is 2.65 bits per heavy atom. The van der Waals surface area contributed by atoms with Crippen molar-refractivity contribution in [2.45, 2.75) is 6.42 Å². The van der Waals surface area contributed by atoms with Crippen LogP contribution in [0.25, 0.3) is 0 Å². The van der Waals surface area contributed by atoms with Crippen LogP contribution >= 0.6 is 11.6 Å². The van der Waals surface area contributed by atoms with Gasteiger partial charge < -0.3 is 19.5 Å². The van der Waals surface area contributed by atoms with Gasteiger partial charge >= 0.3 is 5.97 Å². The zero-order valence-electron chi connectivity index (χ0n) is 11.6. The number of hydrogen-bond donors (Lipinski definition) is 1. The van der Waals surface area contributed by atoms with E-state index >= 15 is 0 Å². The van der Waals surface area contributed by atoms with Crippen LogP contribution in [0.3, 0.4) is 0 Å². The first kappa shape index (κ1) is 16.7. The van der Waals surface area contributed by atoms with Crippen molar-refractivity contribution in [3.8, 4) is 0 Å². The fourth-order valence-electron chi connectivity index (χ4n) is 1.74. The summed E-state index contributed by atoms with van der Waals surface area (Å²) < 4.78 is 10.1. The van der Waals surface area contributed by atoms with Gasteiger partial charge in [-0.25, -0.2) is 9.78 Å². The van der Waals surface area contributed by atoms with Crippen LogP contribution in [0.2, 0.25) is 5.02 Å². The summed E-state index contributed by atoms with van der Waals surface area (Å²) in [6, 6.07) is 1.39. The Morgan fingerprint density at radius 2 is 2.05 bits per heavy atom. The van der Waals surface area contributed by atoms with Gasteiger partial charge in [0.05, 0.1) is 17.2 Å². The highest BCUT2D eigenvalue weighted by atomic mass is 35.5. The minimum absolute atomic E-state index is 0.0471. The molecule has 0 radical (unpaired) electrons. The standard InChI is InChI=1S/C13H19ClN2O4/c1-19-8-3-6-16(7-9-20-2)12-11(14)10(13(17)18)4-5-15-12/h4-5H,3,6-9H2,1-2H3,(H,17,18). The van der Waals surface area contributed by atoms with E-state index < -0.39 is 5.97 Å². The summed E-state index contributed by atoms with van der Waals surface area (Å²) in [6.07, 6.45) is 2.23. The smallest absolute Gasteiger partial charge is 0.337 e. The Balaban J connectivity index is 2.93. The van der Waals surface area contributed by atoms with Crippen molar-refractivity contribution in [2.75, 3.05) is 45.4 Å². The average molecular weight is 303 g/mol. The summed E-state index contributed by atoms with van der Waals surface area (Å²) in [5.41, 5.74) is 0.0471. The van der Waals surface area contributed by atoms with Crippen LogP contribution in [0, 0.1) is 0 Å². The summed E-state index contributed by atoms with van der Waals surface area (Å²) in [5.74, 6) is -0.609. The molecule has 0 aliphatic carbocycles. The predicted molar refractivity (Wildman–Crippen MR) is 76.8 cm³/mol. The molecule has 0 amide bonds. The molecule has 6 nitrogen and oxygen atoms in total. The quantitative estimate of drug-likeness (QED) is 0.703. The van der Waals surface area contributed by atoms with Crippen molar-refractivity contribution in [3.63, 3.8) is 0 Å². The Morgan fingerprint density at radius 1 is 1.35 bits per heavy atom. The van der Waals surface area contributed by atoms with Crippen LogP contribution in [-0.2, 0) is 9.47 Å². The first-order valence-electron chi connectivity index (χ1n) is 6.22. The molecule has 0 saturated heterocycles. The van der Waals surface area contributed by atoms with E-state index in [1.165, 1.54) is 12.3 Å². The number of aromatic nitrogens is 1. The third-order valence-corrected chi connectivity index (χ3v) is 3.12. The van der Waals surface area contributed by atoms with Crippen LogP contribution in [0.15, 0.2) is 12.3 Å². The van der Waals surface area contributed by atoms with E-state index in [-0.39, 0.29) is 10.6 Å². The Hall–Kier alpha value is -1.37. The topological polar surface area (TPSA) is 71.9 Å². The summed E-state index contributed by atoms with van der Waals surface area (Å²) in [4.78, 5) is 17.2. The van der Waals surface area contributed by atoms with Gasteiger partial charge in [-0.1, -0.05) is 11.6 Å². The van der Waals surface area contributed by atoms with E-state index in [4.69, 9.17) is 26.2 Å². The van der Waals surface area contributed by atoms with Gasteiger partial charge in [-0.3, -0.25) is 0 Å². The Kier molecular flexibility index (Phi) is 7.28. The van der Waals surface area contributed by atoms with E-state index in [1.807, 2.05) is 4.90 Å². The van der Waals surface area contributed by atoms with Crippen molar-refractivity contribution in [2.24, 2.45) is 0 Å². The number of ether oxygens (including phenoxy) is 2. The third kappa shape index (κ3) is 4.63. The van der Waals surface area contributed by atoms with Crippen LogP contribution in [-0.4, -0.2) is 56.6 Å². The van der Waals surface area contributed by atoms with Crippen LogP contribution in [0.5, 0.6) is 0 Å². The maximum atomic E-state index is 11.1. The molecule has 20 heavy (non-hydrogen) atoms. The van der Waals surface area contributed by atoms with Crippen molar-refractivity contribution in [1.29, 1.82) is 0 Å². The molecule has 1 N–H and O–H groups in total. The van der Waals surface area contributed by atoms with Gasteiger partial charge in [0.1, 0.15) is 5.82 Å². The number of anilines is 1. The van der Waals surface area contributed by atoms with Crippen molar-refractivity contribution < 1.29 is 19.4 Å². The predicted octanol–water partition coefficient (Wildman–Crippen LogP) is 1.92. The molecule has 0 spiro atoms. The summed E-state index contributed by atoms with van der Waals surface area (Å²) >= 11 is 6.13. The van der Waals surface area contributed by atoms with Gasteiger partial charge in [0.2, 0.25) is 0 Å². The molecule has 1 aromatic rings. The largest absolute Gasteiger partial charge is 0.478 e. The third-order valence-electron chi connectivity index (χ3n) is 2.74. The fraction of sp³-hybridized carbons (Fsp3) is 0.538. The van der Waals surface area contributed by atoms with Crippen LogP contribution in [0.4, 0.5) is 5.82 Å². The molecule has 1 rings (SSSR count). The Labute approximate surface area is 123 Å². The highest BCUT2D eigenvalue weighted by molar-refractivity contribution is 6.35. The number of aromatic carboxylic acids is 1. The molecule has 1 heterocycles. The van der Waals surface area contributed by atoms with Crippen molar-refractivity contribution >= 4 is 23.4 Å². The first-order valence-corrected chi connectivity index (χ1v) is 6.60. The highest BCUT2D eigenvalue weighted by Gasteiger charge is 2.17. The molecule has 0 fully saturated rings. The molecule has 112 valence electrons. The number of pyridine rings is 1. The average Bonchev–Trinajstić information content (AvgIpc) is 2.43. The summed E-state index contributed by atoms with van der Waals surface area (Å²) in [7, 11) is 3.24. The maximum absolute atomic E-state index is 11.1. The lowest BCUT2D eigenvalue weighted by molar-refractivity contribution is 0.0697. The molecule has 0 aliphatic rings. The number of carboxylic acid groups (broad SMARTS) is 1. The van der Waals surface area contributed by atoms with Gasteiger partial charge in [0.15, 0.2) is 0 Å². The molecule has 0 aromatic carbocycles. The first-order chi connectivity index (χ1) is 9.61. The maximum Gasteiger partial charge on any atom is 0.337 e. The van der Waals surface area contributed by atoms with Crippen LogP contribution < -0.4 is 4.90 Å². The van der Waals surface area contributed by atoms with Crippen molar-refractivity contribution in [1.82, 2.24) is 4.98 Å². The van der Waals surface area contributed by atoms with E-state index in [2.05, 4.69) is 4.98 Å². The SMILES string of the molecule is COCCCN(CCOC)c1nccc(C(=O)O)c1Cl. The van der Waals surface area contributed by atoms with E-state index in [1.54, 1.807) is 14.2 Å². The number of hydrogen-bond acceptors (Lipinski definition) is 5. The fourth-order valence-corrected chi connectivity index (χ4v) is 2.06. The normalized spacial score (nSPS) is 10.6. The second-order valence-corrected chi connectivity index (χ2v) is 4.51. The zero-order chi connectivity index (χ0) is 15.0. The molecule has 0 unspecified atom stereocenters. The number of methoxy groups -OCH3 is 2. The molecule has 0 atom stereocenters. The second-order valence-electron chi connectivity index (χ2n) is 4.13. The van der Waals surface area contributed by atoms with Gasteiger partial charge in [-0.2, -0.15) is 0 Å². The zero-order valence-corrected chi connectivity index (χ0v) is 12.4. The molecular weight excluding hydrogens is 284 g/mol. The minimum atomic E-state index is -1.07. The van der Waals surface area contributed by atoms with Gasteiger partial charge in [-0.15, -0.1) is 0 Å². The van der Waals surface area contributed by atoms with Crippen molar-refractivity contribution in [3.05, 3.63) is 22.8 Å².